The van der Waals surface area contributed by atoms with Crippen LogP contribution in [-0.2, 0) is 0 Å². The highest BCUT2D eigenvalue weighted by atomic mass is 16.4. The van der Waals surface area contributed by atoms with Crippen LogP contribution in [0.1, 0.15) is 65.0 Å². The molecule has 186 valence electrons. The molecule has 1 heterocycles. The van der Waals surface area contributed by atoms with Crippen molar-refractivity contribution in [3.05, 3.63) is 98.2 Å². The third kappa shape index (κ3) is 5.08. The minimum Gasteiger partial charge on any atom is -0.478 e. The van der Waals surface area contributed by atoms with E-state index in [0.717, 1.165) is 27.8 Å². The molecule has 0 bridgehead atoms. The van der Waals surface area contributed by atoms with E-state index in [2.05, 4.69) is 5.32 Å². The first-order chi connectivity index (χ1) is 17.2. The Morgan fingerprint density at radius 3 is 2.39 bits per heavy atom. The van der Waals surface area contributed by atoms with Crippen LogP contribution in [0, 0.1) is 26.2 Å². The number of rotatable bonds is 6. The second kappa shape index (κ2) is 11.0. The fourth-order valence-corrected chi connectivity index (χ4v) is 4.25. The number of carboxylic acid groups (broad SMARTS) is 1. The zero-order valence-corrected chi connectivity index (χ0v) is 21.5. The summed E-state index contributed by atoms with van der Waals surface area (Å²) in [5.74, 6) is -0.530. The lowest BCUT2D eigenvalue weighted by Crippen LogP contribution is -2.14. The highest BCUT2D eigenvalue weighted by Crippen LogP contribution is 2.33. The molecule has 0 spiro atoms. The average Bonchev–Trinajstić information content (AvgIpc) is 2.87. The van der Waals surface area contributed by atoms with Crippen molar-refractivity contribution in [2.24, 2.45) is 0 Å². The fraction of sp³-hybridized carbons (Fsp3) is 0.233. The summed E-state index contributed by atoms with van der Waals surface area (Å²) in [6.07, 6.45) is 1.30. The summed E-state index contributed by atoms with van der Waals surface area (Å²) in [6, 6.07) is 15.8. The molecule has 6 heteroatoms. The number of carbonyl (C=O) groups is 1. The number of anilines is 1. The number of para-hydroxylation sites is 1. The third-order valence-corrected chi connectivity index (χ3v) is 6.08. The molecule has 0 fully saturated rings. The van der Waals surface area contributed by atoms with Crippen LogP contribution in [0.5, 0.6) is 0 Å². The van der Waals surface area contributed by atoms with E-state index in [1.54, 1.807) is 31.2 Å². The van der Waals surface area contributed by atoms with Gasteiger partial charge in [-0.3, -0.25) is 4.79 Å². The van der Waals surface area contributed by atoms with Crippen molar-refractivity contribution in [2.75, 3.05) is 5.32 Å². The molecule has 6 nitrogen and oxygen atoms in total. The Morgan fingerprint density at radius 1 is 1.06 bits per heavy atom. The molecule has 3 aromatic carbocycles. The van der Waals surface area contributed by atoms with Gasteiger partial charge in [0.15, 0.2) is 5.43 Å². The van der Waals surface area contributed by atoms with Gasteiger partial charge in [0, 0.05) is 28.6 Å². The number of aromatic carboxylic acids is 1. The minimum atomic E-state index is -1.02. The number of carboxylic acids is 1. The lowest BCUT2D eigenvalue weighted by Gasteiger charge is -2.20. The normalized spacial score (nSPS) is 11.4. The van der Waals surface area contributed by atoms with Gasteiger partial charge >= 0.3 is 5.97 Å². The van der Waals surface area contributed by atoms with E-state index in [-0.39, 0.29) is 17.0 Å². The fourth-order valence-electron chi connectivity index (χ4n) is 4.25. The number of hydrogen-bond donors (Lipinski definition) is 3. The zero-order valence-electron chi connectivity index (χ0n) is 21.5. The van der Waals surface area contributed by atoms with Gasteiger partial charge in [-0.15, -0.1) is 0 Å². The van der Waals surface area contributed by atoms with Gasteiger partial charge in [-0.05, 0) is 68.7 Å². The van der Waals surface area contributed by atoms with Crippen molar-refractivity contribution >= 4 is 28.8 Å². The first-order valence-corrected chi connectivity index (χ1v) is 12.0. The van der Waals surface area contributed by atoms with Crippen molar-refractivity contribution < 1.29 is 14.3 Å². The predicted molar refractivity (Wildman–Crippen MR) is 147 cm³/mol. The molecular formula is C30H32N2O4. The standard InChI is InChI=1S/C28H26N2O4.C2H6/c1-15-11-22(18(4)30-24-8-6-5-7-21(24)28(32)33)27-23(12-15)25(31)17(3)26(34-27)19-9-10-20(14-29)16(2)13-19;1-2/h5-14,18,29-30H,1-4H3,(H,32,33);1-2H3. The summed E-state index contributed by atoms with van der Waals surface area (Å²) in [7, 11) is 0. The van der Waals surface area contributed by atoms with Gasteiger partial charge in [0.1, 0.15) is 11.3 Å². The minimum absolute atomic E-state index is 0.104. The second-order valence-electron chi connectivity index (χ2n) is 8.55. The van der Waals surface area contributed by atoms with Crippen molar-refractivity contribution in [2.45, 2.75) is 47.6 Å². The van der Waals surface area contributed by atoms with E-state index < -0.39 is 5.97 Å². The molecule has 1 atom stereocenters. The number of hydrogen-bond acceptors (Lipinski definition) is 5. The van der Waals surface area contributed by atoms with Gasteiger partial charge in [-0.25, -0.2) is 4.79 Å². The highest BCUT2D eigenvalue weighted by molar-refractivity contribution is 5.94. The molecule has 3 N–H and O–H groups in total. The van der Waals surface area contributed by atoms with Crippen LogP contribution in [0.3, 0.4) is 0 Å². The van der Waals surface area contributed by atoms with E-state index in [9.17, 15) is 14.7 Å². The molecule has 0 saturated carbocycles. The molecular weight excluding hydrogens is 452 g/mol. The maximum Gasteiger partial charge on any atom is 0.337 e. The Morgan fingerprint density at radius 2 is 1.75 bits per heavy atom. The number of fused-ring (bicyclic) bond motifs is 1. The van der Waals surface area contributed by atoms with Crippen LogP contribution in [0.25, 0.3) is 22.3 Å². The van der Waals surface area contributed by atoms with E-state index in [0.29, 0.717) is 28.0 Å². The third-order valence-electron chi connectivity index (χ3n) is 6.08. The topological polar surface area (TPSA) is 103 Å². The molecule has 0 aliphatic carbocycles. The molecule has 0 aliphatic heterocycles. The van der Waals surface area contributed by atoms with E-state index in [1.165, 1.54) is 6.21 Å². The maximum absolute atomic E-state index is 13.4. The van der Waals surface area contributed by atoms with Crippen molar-refractivity contribution in [1.82, 2.24) is 0 Å². The van der Waals surface area contributed by atoms with E-state index in [1.807, 2.05) is 65.0 Å². The van der Waals surface area contributed by atoms with Crippen molar-refractivity contribution in [3.8, 4) is 11.3 Å². The molecule has 0 saturated heterocycles. The highest BCUT2D eigenvalue weighted by Gasteiger charge is 2.20. The molecule has 0 amide bonds. The van der Waals surface area contributed by atoms with Gasteiger partial charge in [-0.1, -0.05) is 44.2 Å². The van der Waals surface area contributed by atoms with Crippen LogP contribution in [0.15, 0.2) is 63.8 Å². The Labute approximate surface area is 211 Å². The largest absolute Gasteiger partial charge is 0.478 e. The molecule has 1 aromatic heterocycles. The van der Waals surface area contributed by atoms with Crippen LogP contribution < -0.4 is 10.7 Å². The quantitative estimate of drug-likeness (QED) is 0.250. The summed E-state index contributed by atoms with van der Waals surface area (Å²) in [4.78, 5) is 25.0. The monoisotopic (exact) mass is 484 g/mol. The van der Waals surface area contributed by atoms with Crippen LogP contribution >= 0.6 is 0 Å². The molecule has 1 unspecified atom stereocenters. The Hall–Kier alpha value is -4.19. The summed E-state index contributed by atoms with van der Waals surface area (Å²) >= 11 is 0. The SMILES string of the molecule is CC.Cc1cc(C(C)Nc2ccccc2C(=O)O)c2oc(-c3ccc(C=N)c(C)c3)c(C)c(=O)c2c1. The van der Waals surface area contributed by atoms with Gasteiger partial charge in [0.25, 0.3) is 0 Å². The summed E-state index contributed by atoms with van der Waals surface area (Å²) in [6.45, 7) is 11.5. The van der Waals surface area contributed by atoms with Gasteiger partial charge in [0.2, 0.25) is 0 Å². The number of aryl methyl sites for hydroxylation is 2. The maximum atomic E-state index is 13.4. The summed E-state index contributed by atoms with van der Waals surface area (Å²) < 4.78 is 6.40. The predicted octanol–water partition coefficient (Wildman–Crippen LogP) is 7.28. The molecule has 4 rings (SSSR count). The molecule has 4 aromatic rings. The van der Waals surface area contributed by atoms with E-state index in [4.69, 9.17) is 9.83 Å². The first-order valence-electron chi connectivity index (χ1n) is 12.0. The van der Waals surface area contributed by atoms with Crippen LogP contribution in [-0.4, -0.2) is 17.3 Å². The van der Waals surface area contributed by atoms with Crippen molar-refractivity contribution in [1.29, 1.82) is 5.41 Å². The number of nitrogens with one attached hydrogen (secondary N) is 2. The summed E-state index contributed by atoms with van der Waals surface area (Å²) in [5.41, 5.74) is 5.71. The molecule has 36 heavy (non-hydrogen) atoms. The molecule has 0 aliphatic rings. The van der Waals surface area contributed by atoms with Gasteiger partial charge in [-0.2, -0.15) is 0 Å². The Balaban J connectivity index is 0.00000176. The van der Waals surface area contributed by atoms with Crippen molar-refractivity contribution in [3.63, 3.8) is 0 Å². The van der Waals surface area contributed by atoms with E-state index >= 15 is 0 Å². The zero-order chi connectivity index (χ0) is 26.6. The lowest BCUT2D eigenvalue weighted by atomic mass is 9.97. The smallest absolute Gasteiger partial charge is 0.337 e. The Bertz CT molecular complexity index is 1500. The first kappa shape index (κ1) is 26.4. The summed E-state index contributed by atoms with van der Waals surface area (Å²) in [5, 5.41) is 20.8. The average molecular weight is 485 g/mol. The molecule has 0 radical (unpaired) electrons. The van der Waals surface area contributed by atoms with Crippen LogP contribution in [0.2, 0.25) is 0 Å². The van der Waals surface area contributed by atoms with Crippen LogP contribution in [0.4, 0.5) is 5.69 Å². The second-order valence-corrected chi connectivity index (χ2v) is 8.55. The Kier molecular flexibility index (Phi) is 8.10. The van der Waals surface area contributed by atoms with Gasteiger partial charge in [0.05, 0.1) is 17.0 Å². The lowest BCUT2D eigenvalue weighted by molar-refractivity contribution is 0.0698. The number of benzene rings is 3. The van der Waals surface area contributed by atoms with Gasteiger partial charge < -0.3 is 20.2 Å².